The molecular weight excluding hydrogens is 527 g/mol. The Kier molecular flexibility index (Phi) is 8.61. The van der Waals surface area contributed by atoms with Crippen molar-refractivity contribution in [2.24, 2.45) is 5.92 Å². The Balaban J connectivity index is 1.39. The third-order valence-electron chi connectivity index (χ3n) is 6.98. The normalized spacial score (nSPS) is 16.4. The van der Waals surface area contributed by atoms with Gasteiger partial charge in [-0.3, -0.25) is 9.59 Å². The number of nitrogens with one attached hydrogen (secondary N) is 2. The molecule has 212 valence electrons. The number of hydrogen-bond donors (Lipinski definition) is 2. The van der Waals surface area contributed by atoms with E-state index in [1.165, 1.54) is 18.5 Å². The lowest BCUT2D eigenvalue weighted by Crippen LogP contribution is -2.42. The van der Waals surface area contributed by atoms with Gasteiger partial charge in [-0.15, -0.1) is 0 Å². The molecule has 0 saturated heterocycles. The van der Waals surface area contributed by atoms with Gasteiger partial charge in [-0.1, -0.05) is 18.6 Å². The van der Waals surface area contributed by atoms with Crippen LogP contribution in [0.1, 0.15) is 37.6 Å². The van der Waals surface area contributed by atoms with E-state index in [9.17, 15) is 14.0 Å². The molecule has 0 unspecified atom stereocenters. The van der Waals surface area contributed by atoms with E-state index in [0.29, 0.717) is 48.5 Å². The summed E-state index contributed by atoms with van der Waals surface area (Å²) < 4.78 is 24.8. The zero-order valence-corrected chi connectivity index (χ0v) is 22.9. The molecule has 4 aromatic rings. The highest BCUT2D eigenvalue weighted by Gasteiger charge is 2.35. The Morgan fingerprint density at radius 2 is 1.85 bits per heavy atom. The predicted molar refractivity (Wildman–Crippen MR) is 150 cm³/mol. The smallest absolute Gasteiger partial charge is 0.311 e. The number of nitrogens with zero attached hydrogens (tertiary/aromatic N) is 4. The molecule has 0 bridgehead atoms. The number of rotatable bonds is 10. The third kappa shape index (κ3) is 6.74. The van der Waals surface area contributed by atoms with Crippen LogP contribution in [0.25, 0.3) is 22.0 Å². The number of aromatic nitrogens is 4. The monoisotopic (exact) mass is 558 g/mol. The largest absolute Gasteiger partial charge is 0.481 e. The number of anilines is 1. The van der Waals surface area contributed by atoms with Gasteiger partial charge in [-0.05, 0) is 74.2 Å². The van der Waals surface area contributed by atoms with E-state index in [-0.39, 0.29) is 36.3 Å². The van der Waals surface area contributed by atoms with E-state index in [4.69, 9.17) is 9.47 Å². The van der Waals surface area contributed by atoms with Crippen LogP contribution < -0.4 is 15.4 Å². The lowest BCUT2D eigenvalue weighted by atomic mass is 10.0. The van der Waals surface area contributed by atoms with Crippen LogP contribution in [0.15, 0.2) is 54.9 Å². The molecule has 0 aliphatic heterocycles. The van der Waals surface area contributed by atoms with Crippen LogP contribution in [0.4, 0.5) is 10.2 Å². The fourth-order valence-corrected chi connectivity index (χ4v) is 4.95. The van der Waals surface area contributed by atoms with Crippen molar-refractivity contribution >= 4 is 28.6 Å². The van der Waals surface area contributed by atoms with Crippen LogP contribution in [0.2, 0.25) is 0 Å². The quantitative estimate of drug-likeness (QED) is 0.273. The molecule has 2 atom stereocenters. The molecule has 1 fully saturated rings. The van der Waals surface area contributed by atoms with Gasteiger partial charge < -0.3 is 20.1 Å². The number of esters is 1. The minimum atomic E-state index is -0.360. The van der Waals surface area contributed by atoms with Gasteiger partial charge in [0, 0.05) is 11.4 Å². The van der Waals surface area contributed by atoms with Crippen molar-refractivity contribution in [3.63, 3.8) is 0 Å². The average molecular weight is 559 g/mol. The Labute approximate surface area is 236 Å². The zero-order chi connectivity index (χ0) is 28.8. The Morgan fingerprint density at radius 3 is 2.61 bits per heavy atom. The van der Waals surface area contributed by atoms with Crippen LogP contribution >= 0.6 is 0 Å². The molecule has 11 heteroatoms. The summed E-state index contributed by atoms with van der Waals surface area (Å²) in [6.45, 7) is 4.03. The first-order chi connectivity index (χ1) is 19.9. The minimum absolute atomic E-state index is 0.278. The number of ether oxygens (including phenoxy) is 2. The maximum Gasteiger partial charge on any atom is 0.311 e. The molecule has 1 aliphatic carbocycles. The summed E-state index contributed by atoms with van der Waals surface area (Å²) in [5.41, 5.74) is 3.55. The number of halogens is 1. The highest BCUT2D eigenvalue weighted by atomic mass is 19.1. The van der Waals surface area contributed by atoms with Crippen LogP contribution in [0.3, 0.4) is 0 Å². The van der Waals surface area contributed by atoms with Crippen molar-refractivity contribution in [2.75, 3.05) is 18.5 Å². The zero-order valence-electron chi connectivity index (χ0n) is 22.9. The molecule has 0 spiro atoms. The predicted octanol–water partition coefficient (Wildman–Crippen LogP) is 4.37. The van der Waals surface area contributed by atoms with Crippen LogP contribution in [0.5, 0.6) is 5.75 Å². The van der Waals surface area contributed by atoms with Gasteiger partial charge in [0.25, 0.3) is 5.91 Å². The van der Waals surface area contributed by atoms with E-state index >= 15 is 0 Å². The lowest BCUT2D eigenvalue weighted by molar-refractivity contribution is -0.148. The first-order valence-corrected chi connectivity index (χ1v) is 13.6. The number of carbonyl (C=O) groups is 2. The van der Waals surface area contributed by atoms with Gasteiger partial charge in [-0.2, -0.15) is 10.2 Å². The second kappa shape index (κ2) is 12.7. The SMILES string of the molecule is CCOC(=O)[C@@H]1CCC[C@@H]1NC(=O)COc1cc(-c2ccc(F)cc2)cc2c(NCc3ccc(C)nn3)ncnc12. The van der Waals surface area contributed by atoms with E-state index in [2.05, 4.69) is 30.8 Å². The standard InChI is InChI=1S/C30H31FN6O4/c1-3-40-30(39)23-5-4-6-25(23)35-27(38)16-41-26-14-20(19-8-10-21(31)11-9-19)13-24-28(26)33-17-34-29(24)32-15-22-12-7-18(2)36-37-22/h7-14,17,23,25H,3-6,15-16H2,1-2H3,(H,35,38)(H,32,33,34)/t23-,25+/m1/s1. The summed E-state index contributed by atoms with van der Waals surface area (Å²) in [7, 11) is 0. The number of fused-ring (bicyclic) bond motifs is 1. The molecule has 10 nitrogen and oxygen atoms in total. The second-order valence-corrected chi connectivity index (χ2v) is 9.87. The highest BCUT2D eigenvalue weighted by molar-refractivity contribution is 5.96. The van der Waals surface area contributed by atoms with Gasteiger partial charge in [0.05, 0.1) is 30.5 Å². The van der Waals surface area contributed by atoms with E-state index in [1.807, 2.05) is 25.1 Å². The summed E-state index contributed by atoms with van der Waals surface area (Å²) in [5, 5.41) is 15.2. The fourth-order valence-electron chi connectivity index (χ4n) is 4.95. The maximum atomic E-state index is 13.6. The first-order valence-electron chi connectivity index (χ1n) is 13.6. The molecular formula is C30H31FN6O4. The van der Waals surface area contributed by atoms with E-state index in [0.717, 1.165) is 28.9 Å². The average Bonchev–Trinajstić information content (AvgIpc) is 3.44. The molecule has 1 saturated carbocycles. The fraction of sp³-hybridized carbons (Fsp3) is 0.333. The van der Waals surface area contributed by atoms with Gasteiger partial charge >= 0.3 is 5.97 Å². The van der Waals surface area contributed by atoms with Crippen molar-refractivity contribution < 1.29 is 23.5 Å². The van der Waals surface area contributed by atoms with E-state index < -0.39 is 0 Å². The van der Waals surface area contributed by atoms with E-state index in [1.54, 1.807) is 25.1 Å². The van der Waals surface area contributed by atoms with Crippen molar-refractivity contribution in [3.8, 4) is 16.9 Å². The molecule has 2 N–H and O–H groups in total. The molecule has 2 aromatic heterocycles. The summed E-state index contributed by atoms with van der Waals surface area (Å²) in [6.07, 6.45) is 3.63. The van der Waals surface area contributed by atoms with Crippen molar-refractivity contribution in [3.05, 3.63) is 72.1 Å². The van der Waals surface area contributed by atoms with Gasteiger partial charge in [0.1, 0.15) is 29.2 Å². The molecule has 5 rings (SSSR count). The van der Waals surface area contributed by atoms with Crippen molar-refractivity contribution in [1.82, 2.24) is 25.5 Å². The Hall–Kier alpha value is -4.67. The van der Waals surface area contributed by atoms with Crippen molar-refractivity contribution in [1.29, 1.82) is 0 Å². The number of hydrogen-bond acceptors (Lipinski definition) is 9. The van der Waals surface area contributed by atoms with Crippen molar-refractivity contribution in [2.45, 2.75) is 45.7 Å². The molecule has 1 amide bonds. The number of aryl methyl sites for hydroxylation is 1. The minimum Gasteiger partial charge on any atom is -0.481 e. The molecule has 2 aromatic carbocycles. The first kappa shape index (κ1) is 27.9. The van der Waals surface area contributed by atoms with Gasteiger partial charge in [0.2, 0.25) is 0 Å². The molecule has 2 heterocycles. The van der Waals surface area contributed by atoms with Gasteiger partial charge in [0.15, 0.2) is 6.61 Å². The topological polar surface area (TPSA) is 128 Å². The lowest BCUT2D eigenvalue weighted by Gasteiger charge is -2.20. The summed E-state index contributed by atoms with van der Waals surface area (Å²) in [6, 6.07) is 13.2. The summed E-state index contributed by atoms with van der Waals surface area (Å²) in [5.74, 6) is -0.439. The van der Waals surface area contributed by atoms with Crippen LogP contribution in [-0.4, -0.2) is 51.3 Å². The second-order valence-electron chi connectivity index (χ2n) is 9.87. The van der Waals surface area contributed by atoms with Crippen LogP contribution in [-0.2, 0) is 20.9 Å². The number of benzene rings is 2. The molecule has 1 aliphatic rings. The Morgan fingerprint density at radius 1 is 1.02 bits per heavy atom. The maximum absolute atomic E-state index is 13.6. The third-order valence-corrected chi connectivity index (χ3v) is 6.98. The Bertz CT molecular complexity index is 1530. The van der Waals surface area contributed by atoms with Gasteiger partial charge in [-0.25, -0.2) is 14.4 Å². The molecule has 0 radical (unpaired) electrons. The summed E-state index contributed by atoms with van der Waals surface area (Å²) >= 11 is 0. The highest BCUT2D eigenvalue weighted by Crippen LogP contribution is 2.34. The number of carbonyl (C=O) groups excluding carboxylic acids is 2. The summed E-state index contributed by atoms with van der Waals surface area (Å²) in [4.78, 5) is 34.0. The van der Waals surface area contributed by atoms with Crippen LogP contribution in [0, 0.1) is 18.7 Å². The molecule has 41 heavy (non-hydrogen) atoms. The number of amides is 1.